The van der Waals surface area contributed by atoms with Gasteiger partial charge in [0.15, 0.2) is 0 Å². The van der Waals surface area contributed by atoms with Gasteiger partial charge in [0.05, 0.1) is 17.4 Å². The molecule has 1 atom stereocenters. The fourth-order valence-electron chi connectivity index (χ4n) is 4.03. The maximum absolute atomic E-state index is 14.7. The van der Waals surface area contributed by atoms with E-state index in [9.17, 15) is 13.2 Å². The Balaban J connectivity index is 0.00000136. The highest BCUT2D eigenvalue weighted by Gasteiger charge is 2.25. The van der Waals surface area contributed by atoms with Gasteiger partial charge in [-0.2, -0.15) is 0 Å². The average Bonchev–Trinajstić information content (AvgIpc) is 3.33. The Kier molecular flexibility index (Phi) is 6.94. The quantitative estimate of drug-likeness (QED) is 0.402. The first-order valence-corrected chi connectivity index (χ1v) is 9.49. The molecule has 0 amide bonds. The second-order valence-corrected chi connectivity index (χ2v) is 7.45. The average molecular weight is 466 g/mol. The Labute approximate surface area is 189 Å². The summed E-state index contributed by atoms with van der Waals surface area (Å²) in [4.78, 5) is 7.28. The lowest BCUT2D eigenvalue weighted by molar-refractivity contribution is 0.510. The number of H-pyrrole nitrogens is 1. The Morgan fingerprint density at radius 3 is 2.48 bits per heavy atom. The van der Waals surface area contributed by atoms with Crippen molar-refractivity contribution in [1.29, 1.82) is 0 Å². The molecule has 31 heavy (non-hydrogen) atoms. The van der Waals surface area contributed by atoms with Crippen molar-refractivity contribution >= 4 is 35.8 Å². The fourth-order valence-corrected chi connectivity index (χ4v) is 4.03. The number of halogens is 5. The van der Waals surface area contributed by atoms with Crippen LogP contribution in [-0.4, -0.2) is 16.0 Å². The lowest BCUT2D eigenvalue weighted by atomic mass is 10.0. The van der Waals surface area contributed by atoms with E-state index in [4.69, 9.17) is 0 Å². The van der Waals surface area contributed by atoms with Crippen molar-refractivity contribution in [2.75, 3.05) is 0 Å². The highest BCUT2D eigenvalue weighted by Crippen LogP contribution is 2.27. The maximum Gasteiger partial charge on any atom is 0.129 e. The lowest BCUT2D eigenvalue weighted by Crippen LogP contribution is -2.29. The van der Waals surface area contributed by atoms with Crippen LogP contribution in [0.4, 0.5) is 13.2 Å². The van der Waals surface area contributed by atoms with Gasteiger partial charge in [0.25, 0.3) is 0 Å². The highest BCUT2D eigenvalue weighted by atomic mass is 35.5. The van der Waals surface area contributed by atoms with Gasteiger partial charge in [-0.3, -0.25) is 0 Å². The predicted molar refractivity (Wildman–Crippen MR) is 120 cm³/mol. The minimum atomic E-state index is -0.559. The van der Waals surface area contributed by atoms with Crippen LogP contribution < -0.4 is 5.32 Å². The van der Waals surface area contributed by atoms with E-state index in [1.165, 1.54) is 12.1 Å². The molecule has 1 heterocycles. The summed E-state index contributed by atoms with van der Waals surface area (Å²) < 4.78 is 42.0. The summed E-state index contributed by atoms with van der Waals surface area (Å²) in [7, 11) is 0. The number of fused-ring (bicyclic) bond motifs is 2. The van der Waals surface area contributed by atoms with Crippen molar-refractivity contribution in [3.05, 3.63) is 89.0 Å². The van der Waals surface area contributed by atoms with Crippen LogP contribution in [0.5, 0.6) is 0 Å². The molecular formula is C23H20Cl2F3N3. The first-order valence-electron chi connectivity index (χ1n) is 9.49. The summed E-state index contributed by atoms with van der Waals surface area (Å²) >= 11 is 0. The van der Waals surface area contributed by atoms with E-state index >= 15 is 0 Å². The molecular weight excluding hydrogens is 446 g/mol. The second-order valence-electron chi connectivity index (χ2n) is 7.45. The predicted octanol–water partition coefficient (Wildman–Crippen LogP) is 5.75. The number of imidazole rings is 1. The third-order valence-electron chi connectivity index (χ3n) is 5.56. The second kappa shape index (κ2) is 9.30. The van der Waals surface area contributed by atoms with Crippen LogP contribution in [0.3, 0.4) is 0 Å². The van der Waals surface area contributed by atoms with Crippen molar-refractivity contribution in [2.45, 2.75) is 25.4 Å². The molecule has 1 aromatic heterocycles. The molecule has 0 saturated heterocycles. The molecule has 0 saturated carbocycles. The molecule has 0 radical (unpaired) electrons. The van der Waals surface area contributed by atoms with Gasteiger partial charge in [0.2, 0.25) is 0 Å². The van der Waals surface area contributed by atoms with E-state index in [1.807, 2.05) is 24.3 Å². The number of hydrogen-bond acceptors (Lipinski definition) is 2. The minimum Gasteiger partial charge on any atom is -0.345 e. The smallest absolute Gasteiger partial charge is 0.129 e. The number of aromatic nitrogens is 2. The first-order chi connectivity index (χ1) is 14.1. The number of nitrogens with zero attached hydrogens (tertiary/aromatic N) is 1. The van der Waals surface area contributed by atoms with Gasteiger partial charge in [-0.1, -0.05) is 18.2 Å². The zero-order valence-electron chi connectivity index (χ0n) is 16.3. The van der Waals surface area contributed by atoms with E-state index in [-0.39, 0.29) is 36.7 Å². The van der Waals surface area contributed by atoms with Gasteiger partial charge in [0, 0.05) is 24.2 Å². The van der Waals surface area contributed by atoms with Crippen LogP contribution in [0.25, 0.3) is 22.2 Å². The number of nitrogens with one attached hydrogen (secondary N) is 2. The van der Waals surface area contributed by atoms with Crippen LogP contribution in [0.1, 0.15) is 16.7 Å². The third kappa shape index (κ3) is 4.56. The standard InChI is InChI=1S/C23H18F3N3.2ClH/c24-17-5-16-6-18(10-19(16)21(26)9-17)27-11-15-2-1-13(7-20(15)25)14-3-4-22-23(8-14)29-12-28-22;;/h1-5,7-9,12,18,27H,6,10-11H2,(H,28,29);2*1H. The molecule has 3 nitrogen and oxygen atoms in total. The van der Waals surface area contributed by atoms with Crippen molar-refractivity contribution in [1.82, 2.24) is 15.3 Å². The van der Waals surface area contributed by atoms with Gasteiger partial charge < -0.3 is 10.3 Å². The number of hydrogen-bond donors (Lipinski definition) is 2. The Hall–Kier alpha value is -2.54. The van der Waals surface area contributed by atoms with Crippen molar-refractivity contribution < 1.29 is 13.2 Å². The molecule has 1 unspecified atom stereocenters. The molecule has 0 fully saturated rings. The van der Waals surface area contributed by atoms with Crippen LogP contribution >= 0.6 is 24.8 Å². The van der Waals surface area contributed by atoms with E-state index in [2.05, 4.69) is 15.3 Å². The summed E-state index contributed by atoms with van der Waals surface area (Å²) in [6.45, 7) is 0.327. The number of rotatable bonds is 4. The maximum atomic E-state index is 14.7. The van der Waals surface area contributed by atoms with Gasteiger partial charge in [-0.15, -0.1) is 24.8 Å². The molecule has 1 aliphatic carbocycles. The van der Waals surface area contributed by atoms with E-state index < -0.39 is 11.6 Å². The van der Waals surface area contributed by atoms with E-state index in [0.29, 0.717) is 36.1 Å². The van der Waals surface area contributed by atoms with E-state index in [0.717, 1.165) is 28.2 Å². The van der Waals surface area contributed by atoms with Crippen LogP contribution in [0.2, 0.25) is 0 Å². The van der Waals surface area contributed by atoms with Gasteiger partial charge >= 0.3 is 0 Å². The number of aromatic amines is 1. The minimum absolute atomic E-state index is 0. The first kappa shape index (κ1) is 23.1. The largest absolute Gasteiger partial charge is 0.345 e. The molecule has 2 N–H and O–H groups in total. The van der Waals surface area contributed by atoms with Crippen LogP contribution in [0.15, 0.2) is 54.9 Å². The molecule has 8 heteroatoms. The Morgan fingerprint density at radius 1 is 0.903 bits per heavy atom. The SMILES string of the molecule is Cl.Cl.Fc1cc(F)c2c(c1)CC(NCc1ccc(-c3ccc4[nH]cnc4c3)cc1F)C2. The summed E-state index contributed by atoms with van der Waals surface area (Å²) in [5, 5.41) is 3.27. The summed E-state index contributed by atoms with van der Waals surface area (Å²) in [5.74, 6) is -1.37. The van der Waals surface area contributed by atoms with Gasteiger partial charge in [-0.05, 0) is 59.4 Å². The van der Waals surface area contributed by atoms with Gasteiger partial charge in [0.1, 0.15) is 17.5 Å². The normalized spacial score (nSPS) is 14.7. The topological polar surface area (TPSA) is 40.7 Å². The molecule has 162 valence electrons. The Bertz CT molecular complexity index is 1230. The monoisotopic (exact) mass is 465 g/mol. The van der Waals surface area contributed by atoms with Crippen molar-refractivity contribution in [3.63, 3.8) is 0 Å². The lowest BCUT2D eigenvalue weighted by Gasteiger charge is -2.13. The third-order valence-corrected chi connectivity index (χ3v) is 5.56. The molecule has 0 aliphatic heterocycles. The molecule has 4 aromatic rings. The zero-order chi connectivity index (χ0) is 20.0. The summed E-state index contributed by atoms with van der Waals surface area (Å²) in [6.07, 6.45) is 2.64. The van der Waals surface area contributed by atoms with Gasteiger partial charge in [-0.25, -0.2) is 18.2 Å². The van der Waals surface area contributed by atoms with Crippen LogP contribution in [0, 0.1) is 17.5 Å². The van der Waals surface area contributed by atoms with E-state index in [1.54, 1.807) is 12.4 Å². The number of benzene rings is 3. The summed E-state index contributed by atoms with van der Waals surface area (Å²) in [6, 6.07) is 13.2. The summed E-state index contributed by atoms with van der Waals surface area (Å²) in [5.41, 5.74) is 5.21. The molecule has 5 rings (SSSR count). The molecule has 0 spiro atoms. The highest BCUT2D eigenvalue weighted by molar-refractivity contribution is 5.85. The Morgan fingerprint density at radius 2 is 1.68 bits per heavy atom. The molecule has 3 aromatic carbocycles. The zero-order valence-corrected chi connectivity index (χ0v) is 17.9. The van der Waals surface area contributed by atoms with Crippen molar-refractivity contribution in [3.8, 4) is 11.1 Å². The fraction of sp³-hybridized carbons (Fsp3) is 0.174. The molecule has 1 aliphatic rings. The van der Waals surface area contributed by atoms with Crippen molar-refractivity contribution in [2.24, 2.45) is 0 Å². The molecule has 0 bridgehead atoms. The van der Waals surface area contributed by atoms with Crippen LogP contribution in [-0.2, 0) is 19.4 Å².